The molecular formula is C24H32O7. The van der Waals surface area contributed by atoms with Crippen molar-refractivity contribution in [1.82, 2.24) is 0 Å². The lowest BCUT2D eigenvalue weighted by atomic mass is 9.45. The van der Waals surface area contributed by atoms with Crippen LogP contribution in [0.15, 0.2) is 11.6 Å². The van der Waals surface area contributed by atoms with Gasteiger partial charge in [0.15, 0.2) is 12.4 Å². The van der Waals surface area contributed by atoms with Crippen LogP contribution < -0.4 is 0 Å². The minimum Gasteiger partial charge on any atom is -0.464 e. The van der Waals surface area contributed by atoms with Gasteiger partial charge in [-0.1, -0.05) is 19.4 Å². The van der Waals surface area contributed by atoms with Gasteiger partial charge in [0.25, 0.3) is 6.47 Å². The highest BCUT2D eigenvalue weighted by atomic mass is 16.5. The number of fused-ring (bicyclic) bond motifs is 5. The van der Waals surface area contributed by atoms with E-state index in [1.54, 1.807) is 6.08 Å². The lowest BCUT2D eigenvalue weighted by Gasteiger charge is -2.60. The molecule has 0 spiro atoms. The van der Waals surface area contributed by atoms with Gasteiger partial charge in [-0.2, -0.15) is 0 Å². The first-order chi connectivity index (χ1) is 14.6. The standard InChI is InChI=1S/C24H32O7/c1-14(26)30-12-20(28)24(29)9-7-18-17-5-4-15-10-16(27)6-8-22(15,2)21(17)19(31-13-25)11-23(18,24)3/h10,13,17-19,21,29H,4-9,11-12H2,1-3H3/t17-,18-,19-,21+,22-,23-,24-/m0/s1. The largest absolute Gasteiger partial charge is 0.464 e. The Hall–Kier alpha value is -2.02. The number of hydrogen-bond donors (Lipinski definition) is 1. The van der Waals surface area contributed by atoms with Crippen molar-refractivity contribution in [2.75, 3.05) is 6.61 Å². The van der Waals surface area contributed by atoms with Gasteiger partial charge in [-0.05, 0) is 61.9 Å². The van der Waals surface area contributed by atoms with Gasteiger partial charge in [-0.3, -0.25) is 19.2 Å². The van der Waals surface area contributed by atoms with Gasteiger partial charge in [0, 0.05) is 24.7 Å². The minimum atomic E-state index is -1.62. The summed E-state index contributed by atoms with van der Waals surface area (Å²) in [4.78, 5) is 47.7. The van der Waals surface area contributed by atoms with Crippen LogP contribution in [0.1, 0.15) is 65.7 Å². The number of Topliss-reactive ketones (excluding diaryl/α,β-unsaturated/α-hetero) is 1. The summed E-state index contributed by atoms with van der Waals surface area (Å²) in [6.07, 6.45) is 5.59. The Kier molecular flexibility index (Phi) is 5.39. The summed E-state index contributed by atoms with van der Waals surface area (Å²) in [7, 11) is 0. The number of esters is 1. The van der Waals surface area contributed by atoms with Crippen molar-refractivity contribution in [1.29, 1.82) is 0 Å². The maximum Gasteiger partial charge on any atom is 0.303 e. The molecule has 0 aliphatic heterocycles. The van der Waals surface area contributed by atoms with Gasteiger partial charge >= 0.3 is 5.97 Å². The zero-order valence-corrected chi connectivity index (χ0v) is 18.5. The zero-order chi connectivity index (χ0) is 22.6. The van der Waals surface area contributed by atoms with Crippen LogP contribution in [-0.4, -0.2) is 47.4 Å². The van der Waals surface area contributed by atoms with Crippen LogP contribution in [-0.2, 0) is 28.7 Å². The fraction of sp³-hybridized carbons (Fsp3) is 0.750. The lowest BCUT2D eigenvalue weighted by Crippen LogP contribution is -2.62. The Bertz CT molecular complexity index is 847. The van der Waals surface area contributed by atoms with Gasteiger partial charge < -0.3 is 14.6 Å². The second-order valence-electron chi connectivity index (χ2n) is 10.4. The third-order valence-corrected chi connectivity index (χ3v) is 9.12. The van der Waals surface area contributed by atoms with E-state index in [0.717, 1.165) is 24.8 Å². The molecule has 31 heavy (non-hydrogen) atoms. The van der Waals surface area contributed by atoms with E-state index < -0.39 is 35.5 Å². The van der Waals surface area contributed by atoms with Crippen molar-refractivity contribution in [3.63, 3.8) is 0 Å². The fourth-order valence-electron chi connectivity index (χ4n) is 7.60. The number of aliphatic hydroxyl groups is 1. The van der Waals surface area contributed by atoms with Gasteiger partial charge in [0.05, 0.1) is 0 Å². The highest BCUT2D eigenvalue weighted by molar-refractivity contribution is 5.92. The first-order valence-corrected chi connectivity index (χ1v) is 11.3. The average molecular weight is 433 g/mol. The van der Waals surface area contributed by atoms with E-state index in [-0.39, 0.29) is 29.0 Å². The summed E-state index contributed by atoms with van der Waals surface area (Å²) in [5.74, 6) is -0.572. The molecule has 0 radical (unpaired) electrons. The Morgan fingerprint density at radius 1 is 1.23 bits per heavy atom. The summed E-state index contributed by atoms with van der Waals surface area (Å²) >= 11 is 0. The summed E-state index contributed by atoms with van der Waals surface area (Å²) in [6.45, 7) is 5.35. The van der Waals surface area contributed by atoms with Crippen molar-refractivity contribution in [3.8, 4) is 0 Å². The van der Waals surface area contributed by atoms with Crippen LogP contribution in [0.25, 0.3) is 0 Å². The van der Waals surface area contributed by atoms with Crippen LogP contribution in [0.3, 0.4) is 0 Å². The maximum absolute atomic E-state index is 13.0. The SMILES string of the molecule is CC(=O)OCC(=O)[C@@]1(O)CC[C@H]2[C@@H]3CCC4=CC(=O)CC[C@]4(C)[C@H]3[C@@H](OC=O)C[C@@]21C. The summed E-state index contributed by atoms with van der Waals surface area (Å²) in [5.41, 5.74) is -1.48. The van der Waals surface area contributed by atoms with E-state index in [0.29, 0.717) is 32.2 Å². The molecule has 3 saturated carbocycles. The Labute approximate surface area is 182 Å². The molecule has 7 atom stereocenters. The molecule has 7 nitrogen and oxygen atoms in total. The molecule has 0 unspecified atom stereocenters. The number of carbonyl (C=O) groups excluding carboxylic acids is 4. The fourth-order valence-corrected chi connectivity index (χ4v) is 7.60. The second kappa shape index (κ2) is 7.54. The molecule has 1 N–H and O–H groups in total. The van der Waals surface area contributed by atoms with E-state index in [9.17, 15) is 24.3 Å². The van der Waals surface area contributed by atoms with E-state index in [4.69, 9.17) is 9.47 Å². The first-order valence-electron chi connectivity index (χ1n) is 11.3. The molecule has 0 aromatic carbocycles. The van der Waals surface area contributed by atoms with E-state index in [1.165, 1.54) is 6.92 Å². The van der Waals surface area contributed by atoms with Crippen molar-refractivity contribution >= 4 is 24.0 Å². The monoisotopic (exact) mass is 432 g/mol. The van der Waals surface area contributed by atoms with Crippen LogP contribution >= 0.6 is 0 Å². The molecule has 0 bridgehead atoms. The van der Waals surface area contributed by atoms with E-state index >= 15 is 0 Å². The number of allylic oxidation sites excluding steroid dienone is 1. The molecule has 0 aromatic rings. The lowest BCUT2D eigenvalue weighted by molar-refractivity contribution is -0.191. The normalized spacial score (nSPS) is 43.7. The molecular weight excluding hydrogens is 400 g/mol. The second-order valence-corrected chi connectivity index (χ2v) is 10.4. The van der Waals surface area contributed by atoms with Crippen molar-refractivity contribution in [2.24, 2.45) is 28.6 Å². The zero-order valence-electron chi connectivity index (χ0n) is 18.5. The first kappa shape index (κ1) is 22.2. The Morgan fingerprint density at radius 2 is 1.97 bits per heavy atom. The number of hydrogen-bond acceptors (Lipinski definition) is 7. The topological polar surface area (TPSA) is 107 Å². The van der Waals surface area contributed by atoms with Crippen molar-refractivity contribution in [3.05, 3.63) is 11.6 Å². The van der Waals surface area contributed by atoms with Gasteiger partial charge in [0.1, 0.15) is 11.7 Å². The molecule has 7 heteroatoms. The van der Waals surface area contributed by atoms with Crippen LogP contribution in [0.2, 0.25) is 0 Å². The summed E-state index contributed by atoms with van der Waals surface area (Å²) < 4.78 is 10.5. The molecule has 0 aromatic heterocycles. The summed E-state index contributed by atoms with van der Waals surface area (Å²) in [6, 6.07) is 0. The maximum atomic E-state index is 13.0. The molecule has 170 valence electrons. The molecule has 0 saturated heterocycles. The molecule has 0 amide bonds. The molecule has 4 rings (SSSR count). The third kappa shape index (κ3) is 3.19. The van der Waals surface area contributed by atoms with E-state index in [1.807, 2.05) is 6.92 Å². The Morgan fingerprint density at radius 3 is 2.65 bits per heavy atom. The van der Waals surface area contributed by atoms with Crippen molar-refractivity contribution < 1.29 is 33.8 Å². The van der Waals surface area contributed by atoms with Crippen molar-refractivity contribution in [2.45, 2.75) is 77.4 Å². The predicted molar refractivity (Wildman–Crippen MR) is 110 cm³/mol. The number of ketones is 2. The van der Waals surface area contributed by atoms with Crippen LogP contribution in [0, 0.1) is 28.6 Å². The highest BCUT2D eigenvalue weighted by Crippen LogP contribution is 2.68. The quantitative estimate of drug-likeness (QED) is 0.525. The van der Waals surface area contributed by atoms with Gasteiger partial charge in [-0.15, -0.1) is 0 Å². The minimum absolute atomic E-state index is 0.0507. The highest BCUT2D eigenvalue weighted by Gasteiger charge is 2.69. The number of ether oxygens (including phenoxy) is 2. The number of carbonyl (C=O) groups is 4. The molecule has 0 heterocycles. The molecule has 4 aliphatic carbocycles. The summed E-state index contributed by atoms with van der Waals surface area (Å²) in [5, 5.41) is 11.6. The van der Waals surface area contributed by atoms with Crippen LogP contribution in [0.4, 0.5) is 0 Å². The van der Waals surface area contributed by atoms with Crippen LogP contribution in [0.5, 0.6) is 0 Å². The Balaban J connectivity index is 1.71. The third-order valence-electron chi connectivity index (χ3n) is 9.12. The molecule has 4 aliphatic rings. The number of rotatable bonds is 5. The predicted octanol–water partition coefficient (Wildman–Crippen LogP) is 2.53. The van der Waals surface area contributed by atoms with Gasteiger partial charge in [-0.25, -0.2) is 0 Å². The average Bonchev–Trinajstić information content (AvgIpc) is 2.98. The van der Waals surface area contributed by atoms with Gasteiger partial charge in [0.2, 0.25) is 5.78 Å². The van der Waals surface area contributed by atoms with E-state index in [2.05, 4.69) is 6.92 Å². The smallest absolute Gasteiger partial charge is 0.303 e. The molecule has 3 fully saturated rings.